The molecule has 1 aliphatic rings. The van der Waals surface area contributed by atoms with Crippen molar-refractivity contribution in [3.8, 4) is 22.8 Å². The van der Waals surface area contributed by atoms with E-state index < -0.39 is 0 Å². The van der Waals surface area contributed by atoms with Crippen LogP contribution in [0.15, 0.2) is 42.6 Å². The van der Waals surface area contributed by atoms with Crippen molar-refractivity contribution in [2.75, 3.05) is 6.54 Å². The number of hydrogen-bond donors (Lipinski definition) is 2. The van der Waals surface area contributed by atoms with E-state index in [2.05, 4.69) is 20.3 Å². The third-order valence-corrected chi connectivity index (χ3v) is 4.02. The number of aromatic nitrogens is 3. The fourth-order valence-electron chi connectivity index (χ4n) is 2.83. The smallest absolute Gasteiger partial charge is 0.253 e. The van der Waals surface area contributed by atoms with E-state index >= 15 is 0 Å². The molecule has 6 heteroatoms. The molecule has 0 saturated heterocycles. The van der Waals surface area contributed by atoms with Crippen molar-refractivity contribution in [2.24, 2.45) is 0 Å². The van der Waals surface area contributed by atoms with Crippen LogP contribution in [-0.2, 0) is 6.42 Å². The van der Waals surface area contributed by atoms with Gasteiger partial charge in [0.2, 0.25) is 0 Å². The van der Waals surface area contributed by atoms with Gasteiger partial charge in [-0.15, -0.1) is 0 Å². The van der Waals surface area contributed by atoms with E-state index in [1.807, 2.05) is 12.1 Å². The summed E-state index contributed by atoms with van der Waals surface area (Å²) in [6.07, 6.45) is 3.25. The molecule has 0 fully saturated rings. The first kappa shape index (κ1) is 14.3. The standard InChI is InChI=1S/C18H14N4O2/c23-10-11-2-1-3-12(8-11)17-19-6-5-15(22-17)16-9-13-14(21-16)4-7-20-18(13)24/h1-3,5-6,8-10,21H,4,7H2,(H,20,24). The Bertz CT molecular complexity index is 946. The van der Waals surface area contributed by atoms with Crippen LogP contribution in [-0.4, -0.2) is 33.7 Å². The summed E-state index contributed by atoms with van der Waals surface area (Å²) in [7, 11) is 0. The molecule has 0 saturated carbocycles. The van der Waals surface area contributed by atoms with Gasteiger partial charge in [-0.25, -0.2) is 9.97 Å². The first-order valence-electron chi connectivity index (χ1n) is 7.64. The number of rotatable bonds is 3. The number of H-pyrrole nitrogens is 1. The predicted octanol–water partition coefficient (Wildman–Crippen LogP) is 2.24. The Hall–Kier alpha value is -3.28. The summed E-state index contributed by atoms with van der Waals surface area (Å²) in [5.74, 6) is 0.472. The number of nitrogens with zero attached hydrogens (tertiary/aromatic N) is 2. The lowest BCUT2D eigenvalue weighted by Gasteiger charge is -2.10. The van der Waals surface area contributed by atoms with Gasteiger partial charge in [-0.1, -0.05) is 18.2 Å². The summed E-state index contributed by atoms with van der Waals surface area (Å²) >= 11 is 0. The van der Waals surface area contributed by atoms with Crippen LogP contribution in [0, 0.1) is 0 Å². The minimum Gasteiger partial charge on any atom is -0.356 e. The number of aromatic amines is 1. The van der Waals surface area contributed by atoms with Gasteiger partial charge < -0.3 is 10.3 Å². The number of carbonyl (C=O) groups is 2. The average molecular weight is 318 g/mol. The Labute approximate surface area is 138 Å². The molecule has 2 aromatic heterocycles. The second-order valence-corrected chi connectivity index (χ2v) is 5.59. The maximum absolute atomic E-state index is 11.9. The SMILES string of the molecule is O=Cc1cccc(-c2nccc(-c3cc4c([nH]3)CCNC4=O)n2)c1. The molecule has 0 radical (unpaired) electrons. The Morgan fingerprint density at radius 2 is 2.08 bits per heavy atom. The minimum absolute atomic E-state index is 0.0632. The molecule has 1 aliphatic heterocycles. The molecule has 3 aromatic rings. The van der Waals surface area contributed by atoms with Crippen LogP contribution in [0.1, 0.15) is 26.4 Å². The zero-order valence-corrected chi connectivity index (χ0v) is 12.7. The fourth-order valence-corrected chi connectivity index (χ4v) is 2.83. The van der Waals surface area contributed by atoms with E-state index in [-0.39, 0.29) is 5.91 Å². The maximum atomic E-state index is 11.9. The van der Waals surface area contributed by atoms with Crippen LogP contribution in [0.5, 0.6) is 0 Å². The third-order valence-electron chi connectivity index (χ3n) is 4.02. The van der Waals surface area contributed by atoms with Crippen LogP contribution < -0.4 is 5.32 Å². The topological polar surface area (TPSA) is 87.7 Å². The van der Waals surface area contributed by atoms with Gasteiger partial charge in [0, 0.05) is 36.0 Å². The molecule has 6 nitrogen and oxygen atoms in total. The quantitative estimate of drug-likeness (QED) is 0.725. The first-order valence-corrected chi connectivity index (χ1v) is 7.64. The first-order chi connectivity index (χ1) is 11.7. The van der Waals surface area contributed by atoms with Gasteiger partial charge in [-0.2, -0.15) is 0 Å². The second kappa shape index (κ2) is 5.73. The fraction of sp³-hybridized carbons (Fsp3) is 0.111. The lowest BCUT2D eigenvalue weighted by molar-refractivity contribution is 0.0945. The molecule has 3 heterocycles. The Kier molecular flexibility index (Phi) is 3.42. The van der Waals surface area contributed by atoms with Crippen molar-refractivity contribution in [1.82, 2.24) is 20.3 Å². The molecule has 24 heavy (non-hydrogen) atoms. The number of aldehydes is 1. The largest absolute Gasteiger partial charge is 0.356 e. The van der Waals surface area contributed by atoms with Gasteiger partial charge >= 0.3 is 0 Å². The van der Waals surface area contributed by atoms with Crippen LogP contribution in [0.4, 0.5) is 0 Å². The van der Waals surface area contributed by atoms with E-state index in [1.54, 1.807) is 30.5 Å². The predicted molar refractivity (Wildman–Crippen MR) is 88.7 cm³/mol. The van der Waals surface area contributed by atoms with Gasteiger partial charge in [-0.05, 0) is 18.2 Å². The number of hydrogen-bond acceptors (Lipinski definition) is 4. The summed E-state index contributed by atoms with van der Waals surface area (Å²) < 4.78 is 0. The molecule has 0 unspecified atom stereocenters. The van der Waals surface area contributed by atoms with Gasteiger partial charge in [0.05, 0.1) is 17.0 Å². The molecule has 1 aromatic carbocycles. The van der Waals surface area contributed by atoms with Crippen LogP contribution in [0.3, 0.4) is 0 Å². The summed E-state index contributed by atoms with van der Waals surface area (Å²) in [5.41, 5.74) is 4.44. The summed E-state index contributed by atoms with van der Waals surface area (Å²) in [4.78, 5) is 35.0. The second-order valence-electron chi connectivity index (χ2n) is 5.59. The number of fused-ring (bicyclic) bond motifs is 1. The number of carbonyl (C=O) groups excluding carboxylic acids is 2. The molecule has 2 N–H and O–H groups in total. The minimum atomic E-state index is -0.0632. The van der Waals surface area contributed by atoms with Crippen molar-refractivity contribution < 1.29 is 9.59 Å². The Morgan fingerprint density at radius 1 is 1.17 bits per heavy atom. The number of nitrogens with one attached hydrogen (secondary N) is 2. The van der Waals surface area contributed by atoms with Gasteiger partial charge in [0.15, 0.2) is 5.82 Å². The normalized spacial score (nSPS) is 13.2. The van der Waals surface area contributed by atoms with Crippen molar-refractivity contribution in [2.45, 2.75) is 6.42 Å². The zero-order valence-electron chi connectivity index (χ0n) is 12.7. The maximum Gasteiger partial charge on any atom is 0.253 e. The number of benzene rings is 1. The van der Waals surface area contributed by atoms with Crippen LogP contribution >= 0.6 is 0 Å². The van der Waals surface area contributed by atoms with Crippen LogP contribution in [0.2, 0.25) is 0 Å². The summed E-state index contributed by atoms with van der Waals surface area (Å²) in [5, 5.41) is 2.83. The summed E-state index contributed by atoms with van der Waals surface area (Å²) in [6, 6.07) is 10.8. The molecular weight excluding hydrogens is 304 g/mol. The molecule has 1 amide bonds. The molecular formula is C18H14N4O2. The van der Waals surface area contributed by atoms with Gasteiger partial charge in [0.25, 0.3) is 5.91 Å². The van der Waals surface area contributed by atoms with E-state index in [1.165, 1.54) is 0 Å². The van der Waals surface area contributed by atoms with Gasteiger partial charge in [0.1, 0.15) is 6.29 Å². The van der Waals surface area contributed by atoms with Crippen molar-refractivity contribution >= 4 is 12.2 Å². The summed E-state index contributed by atoms with van der Waals surface area (Å²) in [6.45, 7) is 0.638. The van der Waals surface area contributed by atoms with Crippen molar-refractivity contribution in [3.63, 3.8) is 0 Å². The van der Waals surface area contributed by atoms with Gasteiger partial charge in [-0.3, -0.25) is 9.59 Å². The highest BCUT2D eigenvalue weighted by atomic mass is 16.1. The Morgan fingerprint density at radius 3 is 2.92 bits per heavy atom. The van der Waals surface area contributed by atoms with Crippen molar-refractivity contribution in [1.29, 1.82) is 0 Å². The van der Waals surface area contributed by atoms with E-state index in [0.717, 1.165) is 29.7 Å². The highest BCUT2D eigenvalue weighted by molar-refractivity contribution is 5.97. The molecule has 0 atom stereocenters. The van der Waals surface area contributed by atoms with E-state index in [4.69, 9.17) is 0 Å². The lowest BCUT2D eigenvalue weighted by atomic mass is 10.1. The van der Waals surface area contributed by atoms with E-state index in [9.17, 15) is 9.59 Å². The monoisotopic (exact) mass is 318 g/mol. The van der Waals surface area contributed by atoms with E-state index in [0.29, 0.717) is 29.2 Å². The molecule has 0 spiro atoms. The molecule has 118 valence electrons. The zero-order chi connectivity index (χ0) is 16.5. The van der Waals surface area contributed by atoms with Crippen molar-refractivity contribution in [3.05, 3.63) is 59.4 Å². The third kappa shape index (κ3) is 2.48. The molecule has 0 aliphatic carbocycles. The highest BCUT2D eigenvalue weighted by Gasteiger charge is 2.20. The average Bonchev–Trinajstić information content (AvgIpc) is 3.08. The lowest BCUT2D eigenvalue weighted by Crippen LogP contribution is -2.31. The number of amides is 1. The molecule has 4 rings (SSSR count). The molecule has 0 bridgehead atoms. The van der Waals surface area contributed by atoms with Crippen LogP contribution in [0.25, 0.3) is 22.8 Å². The highest BCUT2D eigenvalue weighted by Crippen LogP contribution is 2.24. The Balaban J connectivity index is 1.75.